The summed E-state index contributed by atoms with van der Waals surface area (Å²) in [6, 6.07) is 24.6. The van der Waals surface area contributed by atoms with E-state index in [4.69, 9.17) is 0 Å². The van der Waals surface area contributed by atoms with Gasteiger partial charge in [0.25, 0.3) is 11.8 Å². The largest absolute Gasteiger partial charge is 0.347 e. The Morgan fingerprint density at radius 2 is 1.38 bits per heavy atom. The minimum absolute atomic E-state index is 0.204. The molecule has 3 aromatic rings. The number of rotatable bonds is 6. The maximum Gasteiger partial charge on any atom is 0.268 e. The Bertz CT molecular complexity index is 1000. The molecule has 0 aromatic heterocycles. The number of aryl methyl sites for hydroxylation is 2. The number of nitrogens with one attached hydrogen (secondary N) is 2. The lowest BCUT2D eigenvalue weighted by molar-refractivity contribution is -0.117. The van der Waals surface area contributed by atoms with Crippen LogP contribution in [0.4, 0.5) is 0 Å². The van der Waals surface area contributed by atoms with Gasteiger partial charge in [0.2, 0.25) is 0 Å². The summed E-state index contributed by atoms with van der Waals surface area (Å²) >= 11 is 0. The number of amides is 2. The summed E-state index contributed by atoms with van der Waals surface area (Å²) in [5.74, 6) is -0.659. The van der Waals surface area contributed by atoms with Crippen molar-refractivity contribution in [1.29, 1.82) is 0 Å². The van der Waals surface area contributed by atoms with Crippen LogP contribution in [0.5, 0.6) is 0 Å². The van der Waals surface area contributed by atoms with Gasteiger partial charge in [-0.15, -0.1) is 0 Å². The molecule has 0 bridgehead atoms. The summed E-state index contributed by atoms with van der Waals surface area (Å²) < 4.78 is 0. The van der Waals surface area contributed by atoms with Gasteiger partial charge < -0.3 is 10.6 Å². The Morgan fingerprint density at radius 1 is 0.793 bits per heavy atom. The summed E-state index contributed by atoms with van der Waals surface area (Å²) in [6.07, 6.45) is 1.69. The second kappa shape index (κ2) is 9.51. The van der Waals surface area contributed by atoms with E-state index >= 15 is 0 Å². The summed E-state index contributed by atoms with van der Waals surface area (Å²) in [5, 5.41) is 5.64. The van der Waals surface area contributed by atoms with Crippen molar-refractivity contribution >= 4 is 17.9 Å². The van der Waals surface area contributed by atoms with Gasteiger partial charge in [-0.3, -0.25) is 9.59 Å². The molecule has 0 aliphatic heterocycles. The fraction of sp³-hybridized carbons (Fsp3) is 0.120. The smallest absolute Gasteiger partial charge is 0.268 e. The molecule has 0 atom stereocenters. The standard InChI is InChI=1S/C25H24N2O2/c1-18-8-12-20(13-9-18)16-23(25(29)26-17-21-6-4-3-5-7-21)27-24(28)22-14-10-19(2)11-15-22/h3-16H,17H2,1-2H3,(H,26,29)(H,27,28)/b23-16+. The molecule has 0 spiro atoms. The zero-order chi connectivity index (χ0) is 20.6. The Balaban J connectivity index is 1.80. The first-order valence-corrected chi connectivity index (χ1v) is 9.50. The van der Waals surface area contributed by atoms with E-state index in [1.54, 1.807) is 18.2 Å². The highest BCUT2D eigenvalue weighted by molar-refractivity contribution is 6.05. The van der Waals surface area contributed by atoms with Gasteiger partial charge in [0, 0.05) is 12.1 Å². The van der Waals surface area contributed by atoms with E-state index in [1.807, 2.05) is 80.6 Å². The zero-order valence-electron chi connectivity index (χ0n) is 16.6. The molecule has 0 heterocycles. The monoisotopic (exact) mass is 384 g/mol. The predicted octanol–water partition coefficient (Wildman–Crippen LogP) is 4.39. The van der Waals surface area contributed by atoms with Crippen LogP contribution in [0.1, 0.15) is 32.6 Å². The van der Waals surface area contributed by atoms with E-state index < -0.39 is 0 Å². The van der Waals surface area contributed by atoms with Crippen LogP contribution in [0.25, 0.3) is 6.08 Å². The molecule has 0 unspecified atom stereocenters. The van der Waals surface area contributed by atoms with Crippen molar-refractivity contribution in [1.82, 2.24) is 10.6 Å². The van der Waals surface area contributed by atoms with Crippen molar-refractivity contribution in [3.63, 3.8) is 0 Å². The summed E-state index contributed by atoms with van der Waals surface area (Å²) in [7, 11) is 0. The van der Waals surface area contributed by atoms with Crippen LogP contribution >= 0.6 is 0 Å². The van der Waals surface area contributed by atoms with Crippen molar-refractivity contribution in [2.24, 2.45) is 0 Å². The third kappa shape index (κ3) is 5.91. The van der Waals surface area contributed by atoms with Crippen molar-refractivity contribution in [2.45, 2.75) is 20.4 Å². The topological polar surface area (TPSA) is 58.2 Å². The van der Waals surface area contributed by atoms with Crippen LogP contribution in [0.2, 0.25) is 0 Å². The number of benzene rings is 3. The van der Waals surface area contributed by atoms with Crippen LogP contribution in [0, 0.1) is 13.8 Å². The van der Waals surface area contributed by atoms with Gasteiger partial charge >= 0.3 is 0 Å². The zero-order valence-corrected chi connectivity index (χ0v) is 16.6. The lowest BCUT2D eigenvalue weighted by Crippen LogP contribution is -2.34. The van der Waals surface area contributed by atoms with Crippen molar-refractivity contribution in [3.8, 4) is 0 Å². The van der Waals surface area contributed by atoms with Gasteiger partial charge in [-0.25, -0.2) is 0 Å². The highest BCUT2D eigenvalue weighted by Gasteiger charge is 2.14. The van der Waals surface area contributed by atoms with Crippen molar-refractivity contribution in [3.05, 3.63) is 112 Å². The molecule has 0 aliphatic carbocycles. The Morgan fingerprint density at radius 3 is 2.00 bits per heavy atom. The lowest BCUT2D eigenvalue weighted by atomic mass is 10.1. The van der Waals surface area contributed by atoms with Crippen LogP contribution in [0.15, 0.2) is 84.6 Å². The summed E-state index contributed by atoms with van der Waals surface area (Å²) in [4.78, 5) is 25.5. The SMILES string of the molecule is Cc1ccc(/C=C(/NC(=O)c2ccc(C)cc2)C(=O)NCc2ccccc2)cc1. The fourth-order valence-electron chi connectivity index (χ4n) is 2.76. The molecule has 3 aromatic carbocycles. The van der Waals surface area contributed by atoms with E-state index in [-0.39, 0.29) is 17.5 Å². The Kier molecular flexibility index (Phi) is 6.59. The quantitative estimate of drug-likeness (QED) is 0.619. The maximum atomic E-state index is 12.8. The average Bonchev–Trinajstić information content (AvgIpc) is 2.74. The number of carbonyl (C=O) groups is 2. The minimum Gasteiger partial charge on any atom is -0.347 e. The first-order chi connectivity index (χ1) is 14.0. The van der Waals surface area contributed by atoms with E-state index in [9.17, 15) is 9.59 Å². The van der Waals surface area contributed by atoms with E-state index in [1.165, 1.54) is 0 Å². The van der Waals surface area contributed by atoms with Gasteiger partial charge in [-0.05, 0) is 43.2 Å². The van der Waals surface area contributed by atoms with Gasteiger partial charge in [0.1, 0.15) is 5.70 Å². The maximum absolute atomic E-state index is 12.8. The Hall–Kier alpha value is -3.66. The number of hydrogen-bond donors (Lipinski definition) is 2. The first-order valence-electron chi connectivity index (χ1n) is 9.50. The third-order valence-corrected chi connectivity index (χ3v) is 4.49. The molecule has 146 valence electrons. The molecule has 2 amide bonds. The normalized spacial score (nSPS) is 11.0. The lowest BCUT2D eigenvalue weighted by Gasteiger charge is -2.12. The molecule has 0 fully saturated rings. The molecule has 29 heavy (non-hydrogen) atoms. The molecule has 0 saturated heterocycles. The molecule has 0 saturated carbocycles. The van der Waals surface area contributed by atoms with E-state index in [0.29, 0.717) is 12.1 Å². The molecule has 3 rings (SSSR count). The van der Waals surface area contributed by atoms with Gasteiger partial charge in [0.15, 0.2) is 0 Å². The average molecular weight is 384 g/mol. The first kappa shape index (κ1) is 20.1. The highest BCUT2D eigenvalue weighted by Crippen LogP contribution is 2.10. The van der Waals surface area contributed by atoms with Crippen molar-refractivity contribution < 1.29 is 9.59 Å². The molecule has 4 nitrogen and oxygen atoms in total. The summed E-state index contributed by atoms with van der Waals surface area (Å²) in [5.41, 5.74) is 4.72. The van der Waals surface area contributed by atoms with E-state index in [2.05, 4.69) is 10.6 Å². The molecule has 4 heteroatoms. The van der Waals surface area contributed by atoms with Crippen LogP contribution in [0.3, 0.4) is 0 Å². The molecular weight excluding hydrogens is 360 g/mol. The van der Waals surface area contributed by atoms with Crippen LogP contribution in [-0.4, -0.2) is 11.8 Å². The van der Waals surface area contributed by atoms with Crippen molar-refractivity contribution in [2.75, 3.05) is 0 Å². The highest BCUT2D eigenvalue weighted by atomic mass is 16.2. The van der Waals surface area contributed by atoms with Gasteiger partial charge in [0.05, 0.1) is 0 Å². The third-order valence-electron chi connectivity index (χ3n) is 4.49. The van der Waals surface area contributed by atoms with Crippen LogP contribution < -0.4 is 10.6 Å². The summed E-state index contributed by atoms with van der Waals surface area (Å²) in [6.45, 7) is 4.34. The minimum atomic E-state index is -0.338. The fourth-order valence-corrected chi connectivity index (χ4v) is 2.76. The molecule has 0 radical (unpaired) electrons. The number of hydrogen-bond acceptors (Lipinski definition) is 2. The predicted molar refractivity (Wildman–Crippen MR) is 116 cm³/mol. The van der Waals surface area contributed by atoms with E-state index in [0.717, 1.165) is 22.3 Å². The molecule has 2 N–H and O–H groups in total. The van der Waals surface area contributed by atoms with Gasteiger partial charge in [-0.2, -0.15) is 0 Å². The molecule has 0 aliphatic rings. The second-order valence-electron chi connectivity index (χ2n) is 6.96. The Labute approximate surface area is 171 Å². The number of carbonyl (C=O) groups excluding carboxylic acids is 2. The van der Waals surface area contributed by atoms with Crippen LogP contribution in [-0.2, 0) is 11.3 Å². The van der Waals surface area contributed by atoms with Gasteiger partial charge in [-0.1, -0.05) is 77.9 Å². The second-order valence-corrected chi connectivity index (χ2v) is 6.96. The molecular formula is C25H24N2O2.